The lowest BCUT2D eigenvalue weighted by molar-refractivity contribution is -0.141. The summed E-state index contributed by atoms with van der Waals surface area (Å²) in [7, 11) is 2.93. The van der Waals surface area contributed by atoms with E-state index in [-0.39, 0.29) is 24.4 Å². The van der Waals surface area contributed by atoms with Gasteiger partial charge in [0.25, 0.3) is 0 Å². The Morgan fingerprint density at radius 1 is 0.846 bits per heavy atom. The maximum atomic E-state index is 12.5. The molecular weight excluding hydrogens is 336 g/mol. The van der Waals surface area contributed by atoms with Gasteiger partial charge >= 0.3 is 5.97 Å². The summed E-state index contributed by atoms with van der Waals surface area (Å²) in [5.74, 6) is -2.10. The van der Waals surface area contributed by atoms with Crippen LogP contribution in [0.25, 0.3) is 0 Å². The topological polar surface area (TPSA) is 89.9 Å². The quantitative estimate of drug-likeness (QED) is 0.694. The number of carboxylic acids is 1. The third-order valence-electron chi connectivity index (χ3n) is 4.01. The number of hydrogen-bond donors (Lipinski definition) is 1. The van der Waals surface area contributed by atoms with Crippen molar-refractivity contribution in [2.75, 3.05) is 14.2 Å². The zero-order valence-electron chi connectivity index (χ0n) is 14.6. The molecule has 0 aromatic heterocycles. The molecule has 0 amide bonds. The fraction of sp³-hybridized carbons (Fsp3) is 0.250. The number of aliphatic carboxylic acids is 1. The molecule has 2 aromatic carbocycles. The SMILES string of the molecule is COc1ccc(C(=O)CC(CC(=O)c2ccccc2)C(=O)O)cc1OC. The summed E-state index contributed by atoms with van der Waals surface area (Å²) in [6.07, 6.45) is -0.512. The fourth-order valence-corrected chi connectivity index (χ4v) is 2.56. The number of rotatable bonds is 9. The summed E-state index contributed by atoms with van der Waals surface area (Å²) in [6, 6.07) is 13.0. The van der Waals surface area contributed by atoms with E-state index in [1.165, 1.54) is 20.3 Å². The number of carbonyl (C=O) groups excluding carboxylic acids is 2. The Kier molecular flexibility index (Phi) is 6.49. The predicted octanol–water partition coefficient (Wildman–Crippen LogP) is 3.25. The molecule has 0 bridgehead atoms. The molecule has 26 heavy (non-hydrogen) atoms. The molecule has 0 radical (unpaired) electrons. The molecule has 136 valence electrons. The highest BCUT2D eigenvalue weighted by Gasteiger charge is 2.26. The van der Waals surface area contributed by atoms with Gasteiger partial charge in [-0.2, -0.15) is 0 Å². The molecule has 2 aromatic rings. The van der Waals surface area contributed by atoms with Crippen molar-refractivity contribution in [2.45, 2.75) is 12.8 Å². The van der Waals surface area contributed by atoms with Gasteiger partial charge in [0.1, 0.15) is 0 Å². The fourth-order valence-electron chi connectivity index (χ4n) is 2.56. The van der Waals surface area contributed by atoms with Gasteiger partial charge in [-0.15, -0.1) is 0 Å². The number of ether oxygens (including phenoxy) is 2. The molecular formula is C20H20O6. The van der Waals surface area contributed by atoms with Crippen molar-refractivity contribution < 1.29 is 29.0 Å². The summed E-state index contributed by atoms with van der Waals surface area (Å²) in [5, 5.41) is 9.40. The number of carbonyl (C=O) groups is 3. The van der Waals surface area contributed by atoms with Crippen LogP contribution in [0.4, 0.5) is 0 Å². The van der Waals surface area contributed by atoms with E-state index in [0.29, 0.717) is 22.6 Å². The minimum atomic E-state index is -1.18. The smallest absolute Gasteiger partial charge is 0.307 e. The van der Waals surface area contributed by atoms with Crippen LogP contribution in [-0.2, 0) is 4.79 Å². The molecule has 6 nitrogen and oxygen atoms in total. The Hall–Kier alpha value is -3.15. The maximum Gasteiger partial charge on any atom is 0.307 e. The van der Waals surface area contributed by atoms with Gasteiger partial charge in [-0.3, -0.25) is 14.4 Å². The summed E-state index contributed by atoms with van der Waals surface area (Å²) in [5.41, 5.74) is 0.735. The lowest BCUT2D eigenvalue weighted by Crippen LogP contribution is -2.21. The van der Waals surface area contributed by atoms with Crippen molar-refractivity contribution in [1.29, 1.82) is 0 Å². The zero-order chi connectivity index (χ0) is 19.1. The second-order valence-electron chi connectivity index (χ2n) is 5.73. The van der Waals surface area contributed by atoms with Crippen LogP contribution >= 0.6 is 0 Å². The highest BCUT2D eigenvalue weighted by molar-refractivity contribution is 6.01. The predicted molar refractivity (Wildman–Crippen MR) is 95.0 cm³/mol. The van der Waals surface area contributed by atoms with Crippen molar-refractivity contribution in [3.8, 4) is 11.5 Å². The third kappa shape index (κ3) is 4.69. The lowest BCUT2D eigenvalue weighted by atomic mass is 9.91. The van der Waals surface area contributed by atoms with Crippen LogP contribution in [-0.4, -0.2) is 36.9 Å². The standard InChI is InChI=1S/C20H20O6/c1-25-18-9-8-14(12-19(18)26-2)17(22)11-15(20(23)24)10-16(21)13-6-4-3-5-7-13/h3-9,12,15H,10-11H2,1-2H3,(H,23,24). The van der Waals surface area contributed by atoms with Crippen LogP contribution in [0.15, 0.2) is 48.5 Å². The first-order valence-corrected chi connectivity index (χ1v) is 8.02. The van der Waals surface area contributed by atoms with Crippen LogP contribution in [0.2, 0.25) is 0 Å². The van der Waals surface area contributed by atoms with Crippen molar-refractivity contribution >= 4 is 17.5 Å². The van der Waals surface area contributed by atoms with Crippen molar-refractivity contribution in [3.63, 3.8) is 0 Å². The Morgan fingerprint density at radius 3 is 1.96 bits per heavy atom. The first-order valence-electron chi connectivity index (χ1n) is 8.02. The van der Waals surface area contributed by atoms with Gasteiger partial charge in [0.2, 0.25) is 0 Å². The van der Waals surface area contributed by atoms with Crippen molar-refractivity contribution in [2.24, 2.45) is 5.92 Å². The molecule has 0 aliphatic carbocycles. The Balaban J connectivity index is 2.13. The molecule has 0 aliphatic heterocycles. The summed E-state index contributed by atoms with van der Waals surface area (Å²) in [4.78, 5) is 36.2. The van der Waals surface area contributed by atoms with Crippen LogP contribution < -0.4 is 9.47 Å². The molecule has 2 rings (SSSR count). The van der Waals surface area contributed by atoms with E-state index >= 15 is 0 Å². The molecule has 0 saturated carbocycles. The number of carboxylic acid groups (broad SMARTS) is 1. The minimum absolute atomic E-state index is 0.238. The zero-order valence-corrected chi connectivity index (χ0v) is 14.6. The molecule has 6 heteroatoms. The number of ketones is 2. The van der Waals surface area contributed by atoms with Crippen LogP contribution in [0.3, 0.4) is 0 Å². The summed E-state index contributed by atoms with van der Waals surface area (Å²) < 4.78 is 10.3. The van der Waals surface area contributed by atoms with Crippen LogP contribution in [0.5, 0.6) is 11.5 Å². The summed E-state index contributed by atoms with van der Waals surface area (Å²) >= 11 is 0. The third-order valence-corrected chi connectivity index (χ3v) is 4.01. The average Bonchev–Trinajstić information content (AvgIpc) is 2.67. The second kappa shape index (κ2) is 8.80. The van der Waals surface area contributed by atoms with E-state index in [1.807, 2.05) is 0 Å². The van der Waals surface area contributed by atoms with Crippen molar-refractivity contribution in [3.05, 3.63) is 59.7 Å². The van der Waals surface area contributed by atoms with Crippen LogP contribution in [0.1, 0.15) is 33.6 Å². The van der Waals surface area contributed by atoms with E-state index < -0.39 is 11.9 Å². The first kappa shape index (κ1) is 19.2. The van der Waals surface area contributed by atoms with Gasteiger partial charge in [-0.1, -0.05) is 30.3 Å². The van der Waals surface area contributed by atoms with Gasteiger partial charge in [0, 0.05) is 24.0 Å². The monoisotopic (exact) mass is 356 g/mol. The number of benzene rings is 2. The Bertz CT molecular complexity index is 797. The average molecular weight is 356 g/mol. The van der Waals surface area contributed by atoms with Gasteiger partial charge in [0.05, 0.1) is 20.1 Å². The van der Waals surface area contributed by atoms with E-state index in [0.717, 1.165) is 0 Å². The largest absolute Gasteiger partial charge is 0.493 e. The molecule has 0 aliphatic rings. The van der Waals surface area contributed by atoms with Gasteiger partial charge in [-0.05, 0) is 18.2 Å². The second-order valence-corrected chi connectivity index (χ2v) is 5.73. The van der Waals surface area contributed by atoms with E-state index in [1.54, 1.807) is 42.5 Å². The Morgan fingerprint density at radius 2 is 1.42 bits per heavy atom. The molecule has 0 spiro atoms. The molecule has 1 atom stereocenters. The summed E-state index contributed by atoms with van der Waals surface area (Å²) in [6.45, 7) is 0. The number of methoxy groups -OCH3 is 2. The van der Waals surface area contributed by atoms with E-state index in [4.69, 9.17) is 9.47 Å². The maximum absolute atomic E-state index is 12.5. The van der Waals surface area contributed by atoms with Gasteiger partial charge in [0.15, 0.2) is 23.1 Å². The Labute approximate surface area is 151 Å². The molecule has 0 saturated heterocycles. The normalized spacial score (nSPS) is 11.5. The highest BCUT2D eigenvalue weighted by atomic mass is 16.5. The molecule has 0 fully saturated rings. The first-order chi connectivity index (χ1) is 12.5. The van der Waals surface area contributed by atoms with Crippen molar-refractivity contribution in [1.82, 2.24) is 0 Å². The van der Waals surface area contributed by atoms with Crippen LogP contribution in [0, 0.1) is 5.92 Å². The van der Waals surface area contributed by atoms with E-state index in [9.17, 15) is 19.5 Å². The van der Waals surface area contributed by atoms with Gasteiger partial charge < -0.3 is 14.6 Å². The highest BCUT2D eigenvalue weighted by Crippen LogP contribution is 2.28. The minimum Gasteiger partial charge on any atom is -0.493 e. The molecule has 1 unspecified atom stereocenters. The molecule has 0 heterocycles. The number of Topliss-reactive ketones (excluding diaryl/α,β-unsaturated/α-hetero) is 2. The lowest BCUT2D eigenvalue weighted by Gasteiger charge is -2.12. The number of hydrogen-bond acceptors (Lipinski definition) is 5. The van der Waals surface area contributed by atoms with Gasteiger partial charge in [-0.25, -0.2) is 0 Å². The molecule has 1 N–H and O–H groups in total. The van der Waals surface area contributed by atoms with E-state index in [2.05, 4.69) is 0 Å².